The highest BCUT2D eigenvalue weighted by molar-refractivity contribution is 7.10. The second-order valence-electron chi connectivity index (χ2n) is 8.23. The van der Waals surface area contributed by atoms with Crippen molar-refractivity contribution >= 4 is 40.4 Å². The van der Waals surface area contributed by atoms with Crippen LogP contribution in [0.15, 0.2) is 66.0 Å². The first-order chi connectivity index (χ1) is 15.5. The Bertz CT molecular complexity index is 1140. The van der Waals surface area contributed by atoms with Gasteiger partial charge in [0.25, 0.3) is 5.91 Å². The number of fused-ring (bicyclic) bond motifs is 1. The van der Waals surface area contributed by atoms with E-state index in [0.717, 1.165) is 29.2 Å². The number of anilines is 1. The monoisotopic (exact) mass is 465 g/mol. The summed E-state index contributed by atoms with van der Waals surface area (Å²) in [5, 5.41) is 2.71. The number of likely N-dealkylation sites (N-methyl/N-ethyl adjacent to an activating group) is 1. The Balaban J connectivity index is 1.43. The van der Waals surface area contributed by atoms with Crippen molar-refractivity contribution in [1.82, 2.24) is 9.80 Å². The predicted octanol–water partition coefficient (Wildman–Crippen LogP) is 4.66. The Morgan fingerprint density at radius 1 is 1.00 bits per heavy atom. The van der Waals surface area contributed by atoms with Gasteiger partial charge in [0.1, 0.15) is 0 Å². The fourth-order valence-electron chi connectivity index (χ4n) is 4.81. The maximum atomic E-state index is 13.9. The number of hydrogen-bond acceptors (Lipinski definition) is 4. The van der Waals surface area contributed by atoms with Crippen LogP contribution in [0.2, 0.25) is 5.02 Å². The summed E-state index contributed by atoms with van der Waals surface area (Å²) in [6.45, 7) is 2.77. The minimum atomic E-state index is -0.412. The first-order valence-electron chi connectivity index (χ1n) is 10.7. The number of halogens is 1. The van der Waals surface area contributed by atoms with E-state index < -0.39 is 5.92 Å². The Morgan fingerprint density at radius 2 is 1.78 bits per heavy atom. The SMILES string of the molecule is CN1C(=O)c2ccccc2[C@H](C(=O)N2CCN(c3cccc(Cl)c3)CC2)[C@@H]1c1cccs1. The summed E-state index contributed by atoms with van der Waals surface area (Å²) in [5.41, 5.74) is 2.53. The van der Waals surface area contributed by atoms with Gasteiger partial charge in [-0.15, -0.1) is 11.3 Å². The van der Waals surface area contributed by atoms with Gasteiger partial charge in [0.05, 0.1) is 12.0 Å². The second kappa shape index (κ2) is 8.60. The minimum absolute atomic E-state index is 0.0335. The van der Waals surface area contributed by atoms with Crippen LogP contribution in [0.3, 0.4) is 0 Å². The van der Waals surface area contributed by atoms with Gasteiger partial charge < -0.3 is 14.7 Å². The molecule has 0 radical (unpaired) electrons. The second-order valence-corrected chi connectivity index (χ2v) is 9.65. The summed E-state index contributed by atoms with van der Waals surface area (Å²) in [5.74, 6) is -0.361. The third-order valence-electron chi connectivity index (χ3n) is 6.45. The summed E-state index contributed by atoms with van der Waals surface area (Å²) in [7, 11) is 1.81. The maximum Gasteiger partial charge on any atom is 0.254 e. The van der Waals surface area contributed by atoms with Gasteiger partial charge in [0.15, 0.2) is 0 Å². The van der Waals surface area contributed by atoms with Crippen LogP contribution in [0.1, 0.15) is 32.8 Å². The molecule has 1 saturated heterocycles. The third-order valence-corrected chi connectivity index (χ3v) is 7.62. The molecule has 2 aliphatic heterocycles. The Morgan fingerprint density at radius 3 is 2.50 bits per heavy atom. The number of thiophene rings is 1. The molecule has 0 N–H and O–H groups in total. The summed E-state index contributed by atoms with van der Waals surface area (Å²) in [6.07, 6.45) is 0. The van der Waals surface area contributed by atoms with Crippen molar-refractivity contribution in [2.45, 2.75) is 12.0 Å². The number of hydrogen-bond donors (Lipinski definition) is 0. The molecule has 7 heteroatoms. The Kier molecular flexibility index (Phi) is 5.66. The average molecular weight is 466 g/mol. The Labute approximate surface area is 196 Å². The molecule has 0 bridgehead atoms. The van der Waals surface area contributed by atoms with Crippen molar-refractivity contribution < 1.29 is 9.59 Å². The predicted molar refractivity (Wildman–Crippen MR) is 129 cm³/mol. The number of amides is 2. The highest BCUT2D eigenvalue weighted by atomic mass is 35.5. The van der Waals surface area contributed by atoms with Crippen LogP contribution >= 0.6 is 22.9 Å². The lowest BCUT2D eigenvalue weighted by Crippen LogP contribution is -2.53. The zero-order valence-electron chi connectivity index (χ0n) is 17.8. The molecule has 2 aromatic carbocycles. The summed E-state index contributed by atoms with van der Waals surface area (Å²) >= 11 is 7.75. The van der Waals surface area contributed by atoms with Crippen LogP contribution in [-0.2, 0) is 4.79 Å². The molecule has 5 rings (SSSR count). The van der Waals surface area contributed by atoms with E-state index in [2.05, 4.69) is 4.90 Å². The summed E-state index contributed by atoms with van der Waals surface area (Å²) in [4.78, 5) is 34.0. The quantitative estimate of drug-likeness (QED) is 0.565. The van der Waals surface area contributed by atoms with Crippen LogP contribution in [-0.4, -0.2) is 54.8 Å². The molecule has 2 atom stereocenters. The van der Waals surface area contributed by atoms with Crippen LogP contribution in [0.4, 0.5) is 5.69 Å². The molecular weight excluding hydrogens is 442 g/mol. The molecule has 3 heterocycles. The van der Waals surface area contributed by atoms with Crippen LogP contribution in [0.25, 0.3) is 0 Å². The average Bonchev–Trinajstić information content (AvgIpc) is 3.35. The number of rotatable bonds is 3. The highest BCUT2D eigenvalue weighted by Gasteiger charge is 2.44. The molecule has 0 unspecified atom stereocenters. The van der Waals surface area contributed by atoms with Gasteiger partial charge in [-0.3, -0.25) is 9.59 Å². The number of carbonyl (C=O) groups is 2. The van der Waals surface area contributed by atoms with E-state index in [1.165, 1.54) is 0 Å². The van der Waals surface area contributed by atoms with E-state index in [1.54, 1.807) is 23.3 Å². The van der Waals surface area contributed by atoms with E-state index in [9.17, 15) is 9.59 Å². The van der Waals surface area contributed by atoms with Gasteiger partial charge in [-0.05, 0) is 41.3 Å². The molecule has 3 aromatic rings. The van der Waals surface area contributed by atoms with Crippen LogP contribution in [0.5, 0.6) is 0 Å². The molecule has 5 nitrogen and oxygen atoms in total. The van der Waals surface area contributed by atoms with Crippen molar-refractivity contribution in [3.05, 3.63) is 87.1 Å². The van der Waals surface area contributed by atoms with Crippen molar-refractivity contribution in [3.8, 4) is 0 Å². The number of nitrogens with zero attached hydrogens (tertiary/aromatic N) is 3. The molecular formula is C25H24ClN3O2S. The van der Waals surface area contributed by atoms with Crippen molar-refractivity contribution in [2.75, 3.05) is 38.1 Å². The molecule has 0 aliphatic carbocycles. The summed E-state index contributed by atoms with van der Waals surface area (Å²) in [6, 6.07) is 19.1. The van der Waals surface area contributed by atoms with Gasteiger partial charge in [-0.1, -0.05) is 41.9 Å². The lowest BCUT2D eigenvalue weighted by Gasteiger charge is -2.43. The van der Waals surface area contributed by atoms with Crippen molar-refractivity contribution in [2.24, 2.45) is 0 Å². The summed E-state index contributed by atoms with van der Waals surface area (Å²) < 4.78 is 0. The minimum Gasteiger partial charge on any atom is -0.368 e. The molecule has 32 heavy (non-hydrogen) atoms. The van der Waals surface area contributed by atoms with Gasteiger partial charge >= 0.3 is 0 Å². The van der Waals surface area contributed by atoms with Crippen molar-refractivity contribution in [1.29, 1.82) is 0 Å². The van der Waals surface area contributed by atoms with Gasteiger partial charge in [0, 0.05) is 54.4 Å². The zero-order valence-corrected chi connectivity index (χ0v) is 19.4. The van der Waals surface area contributed by atoms with Gasteiger partial charge in [-0.25, -0.2) is 0 Å². The largest absolute Gasteiger partial charge is 0.368 e. The van der Waals surface area contributed by atoms with E-state index in [0.29, 0.717) is 23.7 Å². The number of carbonyl (C=O) groups excluding carboxylic acids is 2. The lowest BCUT2D eigenvalue weighted by molar-refractivity contribution is -0.134. The first kappa shape index (κ1) is 21.0. The third kappa shape index (κ3) is 3.67. The van der Waals surface area contributed by atoms with Crippen LogP contribution < -0.4 is 4.90 Å². The standard InChI is InChI=1S/C25H24ClN3O2S/c1-27-23(21-10-5-15-32-21)22(19-8-2-3-9-20(19)24(27)30)25(31)29-13-11-28(12-14-29)18-7-4-6-17(26)16-18/h2-10,15-16,22-23H,11-14H2,1H3/t22-,23-/m0/s1. The van der Waals surface area contributed by atoms with Crippen molar-refractivity contribution in [3.63, 3.8) is 0 Å². The normalized spacial score (nSPS) is 20.9. The molecule has 1 fully saturated rings. The van der Waals surface area contributed by atoms with Crippen LogP contribution in [0, 0.1) is 0 Å². The van der Waals surface area contributed by atoms with E-state index >= 15 is 0 Å². The topological polar surface area (TPSA) is 43.9 Å². The number of benzene rings is 2. The smallest absolute Gasteiger partial charge is 0.254 e. The van der Waals surface area contributed by atoms with E-state index in [4.69, 9.17) is 11.6 Å². The molecule has 1 aromatic heterocycles. The van der Waals surface area contributed by atoms with Gasteiger partial charge in [0.2, 0.25) is 5.91 Å². The zero-order chi connectivity index (χ0) is 22.2. The number of piperazine rings is 1. The highest BCUT2D eigenvalue weighted by Crippen LogP contribution is 2.44. The van der Waals surface area contributed by atoms with E-state index in [1.807, 2.05) is 70.9 Å². The first-order valence-corrected chi connectivity index (χ1v) is 12.0. The fraction of sp³-hybridized carbons (Fsp3) is 0.280. The van der Waals surface area contributed by atoms with Gasteiger partial charge in [-0.2, -0.15) is 0 Å². The molecule has 0 spiro atoms. The Hall–Kier alpha value is -2.83. The lowest BCUT2D eigenvalue weighted by atomic mass is 9.81. The maximum absolute atomic E-state index is 13.9. The molecule has 2 aliphatic rings. The molecule has 0 saturated carbocycles. The molecule has 2 amide bonds. The van der Waals surface area contributed by atoms with E-state index in [-0.39, 0.29) is 17.9 Å². The fourth-order valence-corrected chi connectivity index (χ4v) is 5.90. The molecule has 164 valence electrons.